The van der Waals surface area contributed by atoms with Gasteiger partial charge in [0.2, 0.25) is 0 Å². The van der Waals surface area contributed by atoms with E-state index in [2.05, 4.69) is 38.1 Å². The van der Waals surface area contributed by atoms with Crippen molar-refractivity contribution < 1.29 is 28.2 Å². The van der Waals surface area contributed by atoms with Gasteiger partial charge in [-0.3, -0.25) is 0 Å². The average molecular weight is 499 g/mol. The fourth-order valence-electron chi connectivity index (χ4n) is 4.54. The van der Waals surface area contributed by atoms with Gasteiger partial charge in [-0.1, -0.05) is 0 Å². The van der Waals surface area contributed by atoms with Crippen molar-refractivity contribution in [2.75, 3.05) is 0 Å². The van der Waals surface area contributed by atoms with Gasteiger partial charge in [-0.05, 0) is 0 Å². The van der Waals surface area contributed by atoms with Gasteiger partial charge < -0.3 is 0 Å². The normalized spacial score (nSPS) is 12.8. The van der Waals surface area contributed by atoms with E-state index in [1.807, 2.05) is 52.0 Å². The van der Waals surface area contributed by atoms with Crippen LogP contribution in [0.4, 0.5) is 0 Å². The molecule has 0 radical (unpaired) electrons. The molecule has 0 N–H and O–H groups in total. The Labute approximate surface area is 193 Å². The first kappa shape index (κ1) is 26.2. The molecule has 0 saturated heterocycles. The van der Waals surface area contributed by atoms with Crippen LogP contribution in [0.2, 0.25) is 24.2 Å². The van der Waals surface area contributed by atoms with E-state index in [9.17, 15) is 7.61 Å². The molecule has 0 aromatic heterocycles. The summed E-state index contributed by atoms with van der Waals surface area (Å²) in [5.74, 6) is 0. The summed E-state index contributed by atoms with van der Waals surface area (Å²) in [4.78, 5) is 0. The van der Waals surface area contributed by atoms with Gasteiger partial charge in [-0.15, -0.1) is 0 Å². The van der Waals surface area contributed by atoms with Gasteiger partial charge in [-0.2, -0.15) is 0 Å². The molecule has 4 nitrogen and oxygen atoms in total. The van der Waals surface area contributed by atoms with Crippen LogP contribution < -0.4 is 10.4 Å². The summed E-state index contributed by atoms with van der Waals surface area (Å²) in [6, 6.07) is 19.1. The Hall–Kier alpha value is -1.07. The quantitative estimate of drug-likeness (QED) is 0.357. The number of benzene rings is 2. The zero-order valence-electron chi connectivity index (χ0n) is 19.9. The SMILES string of the molecule is CCc1ccccc1[Si](CC)(CC)[O][Cr](=[O])(=[O])[O][Si](CC)(CC)c1ccccc1CC. The van der Waals surface area contributed by atoms with Crippen molar-refractivity contribution in [2.24, 2.45) is 0 Å². The minimum absolute atomic E-state index is 0.700. The van der Waals surface area contributed by atoms with Crippen molar-refractivity contribution in [3.05, 3.63) is 59.7 Å². The second-order valence-electron chi connectivity index (χ2n) is 8.00. The Kier molecular flexibility index (Phi) is 9.44. The standard InChI is InChI=1S/2C12H19OSi.Cr.2O/c2*1-4-11-9-7-8-10-12(11)14(13,5-2)6-3;;;/h2*7-10H,4-6H2,1-3H3;;;/q2*-1;+2;;. The van der Waals surface area contributed by atoms with E-state index in [-0.39, 0.29) is 0 Å². The Morgan fingerprint density at radius 3 is 1.23 bits per heavy atom. The summed E-state index contributed by atoms with van der Waals surface area (Å²) in [7, 11) is -5.45. The van der Waals surface area contributed by atoms with E-state index in [1.165, 1.54) is 11.1 Å². The van der Waals surface area contributed by atoms with Gasteiger partial charge in [0.15, 0.2) is 0 Å². The molecule has 0 heterocycles. The second-order valence-corrected chi connectivity index (χ2v) is 19.1. The molecule has 0 aliphatic heterocycles. The first-order chi connectivity index (χ1) is 14.8. The summed E-state index contributed by atoms with van der Waals surface area (Å²) in [5.41, 5.74) is 2.35. The Morgan fingerprint density at radius 2 is 0.935 bits per heavy atom. The van der Waals surface area contributed by atoms with Gasteiger partial charge in [0.1, 0.15) is 0 Å². The molecule has 172 valence electrons. The van der Waals surface area contributed by atoms with E-state index < -0.39 is 30.2 Å². The summed E-state index contributed by atoms with van der Waals surface area (Å²) in [5, 5.41) is 2.18. The molecule has 2 aromatic rings. The molecule has 31 heavy (non-hydrogen) atoms. The number of hydrogen-bond acceptors (Lipinski definition) is 4. The summed E-state index contributed by atoms with van der Waals surface area (Å²) in [6.07, 6.45) is 1.71. The van der Waals surface area contributed by atoms with Gasteiger partial charge in [0.05, 0.1) is 0 Å². The van der Waals surface area contributed by atoms with Crippen molar-refractivity contribution in [3.63, 3.8) is 0 Å². The predicted octanol–water partition coefficient (Wildman–Crippen LogP) is 5.60. The maximum atomic E-state index is 13.5. The van der Waals surface area contributed by atoms with Crippen LogP contribution in [0.5, 0.6) is 0 Å². The number of rotatable bonds is 12. The minimum atomic E-state index is -5.09. The van der Waals surface area contributed by atoms with E-state index in [4.69, 9.17) is 6.96 Å². The molecule has 0 amide bonds. The first-order valence-electron chi connectivity index (χ1n) is 11.6. The van der Waals surface area contributed by atoms with Crippen LogP contribution in [0.3, 0.4) is 0 Å². The molecule has 0 unspecified atom stereocenters. The molecule has 0 aliphatic carbocycles. The summed E-state index contributed by atoms with van der Waals surface area (Å²) in [6.45, 7) is 12.4. The summed E-state index contributed by atoms with van der Waals surface area (Å²) >= 11 is -5.09. The molecule has 0 fully saturated rings. The number of hydrogen-bond donors (Lipinski definition) is 0. The van der Waals surface area contributed by atoms with Crippen LogP contribution in [-0.2, 0) is 41.0 Å². The molecular formula is C24H38CrO4Si2. The van der Waals surface area contributed by atoms with Crippen LogP contribution in [0.25, 0.3) is 0 Å². The van der Waals surface area contributed by atoms with Crippen LogP contribution in [0.1, 0.15) is 52.7 Å². The monoisotopic (exact) mass is 498 g/mol. The van der Waals surface area contributed by atoms with Crippen molar-refractivity contribution in [2.45, 2.75) is 78.6 Å². The topological polar surface area (TPSA) is 52.6 Å². The molecule has 7 heteroatoms. The van der Waals surface area contributed by atoms with Gasteiger partial charge in [-0.25, -0.2) is 0 Å². The van der Waals surface area contributed by atoms with Crippen molar-refractivity contribution in [3.8, 4) is 0 Å². The first-order valence-corrected chi connectivity index (χ1v) is 18.3. The zero-order chi connectivity index (χ0) is 23.1. The third-order valence-corrected chi connectivity index (χ3v) is 20.0. The van der Waals surface area contributed by atoms with E-state index in [1.54, 1.807) is 0 Å². The van der Waals surface area contributed by atoms with Crippen LogP contribution in [0.15, 0.2) is 48.5 Å². The molecule has 0 bridgehead atoms. The third-order valence-electron chi connectivity index (χ3n) is 6.59. The molecule has 2 aromatic carbocycles. The van der Waals surface area contributed by atoms with Crippen molar-refractivity contribution in [1.82, 2.24) is 0 Å². The van der Waals surface area contributed by atoms with Gasteiger partial charge in [0.25, 0.3) is 0 Å². The molecule has 0 aliphatic rings. The van der Waals surface area contributed by atoms with Crippen LogP contribution >= 0.6 is 0 Å². The van der Waals surface area contributed by atoms with Crippen molar-refractivity contribution >= 4 is 27.0 Å². The fraction of sp³-hybridized carbons (Fsp3) is 0.500. The third kappa shape index (κ3) is 5.65. The van der Waals surface area contributed by atoms with E-state index in [0.717, 1.165) is 23.2 Å². The Morgan fingerprint density at radius 1 is 0.613 bits per heavy atom. The molecule has 0 spiro atoms. The van der Waals surface area contributed by atoms with Gasteiger partial charge in [0, 0.05) is 0 Å². The van der Waals surface area contributed by atoms with Crippen molar-refractivity contribution in [1.29, 1.82) is 0 Å². The molecule has 2 rings (SSSR count). The predicted molar refractivity (Wildman–Crippen MR) is 128 cm³/mol. The summed E-state index contributed by atoms with van der Waals surface area (Å²) < 4.78 is 39.5. The van der Waals surface area contributed by atoms with Gasteiger partial charge >= 0.3 is 193 Å². The van der Waals surface area contributed by atoms with E-state index >= 15 is 0 Å². The number of aryl methyl sites for hydroxylation is 2. The molecule has 0 atom stereocenters. The van der Waals surface area contributed by atoms with Crippen LogP contribution in [0, 0.1) is 0 Å². The second kappa shape index (κ2) is 11.2. The van der Waals surface area contributed by atoms with Crippen LogP contribution in [-0.4, -0.2) is 16.6 Å². The molecular weight excluding hydrogens is 460 g/mol. The Bertz CT molecular complexity index is 880. The fourth-order valence-corrected chi connectivity index (χ4v) is 18.3. The average Bonchev–Trinajstić information content (AvgIpc) is 2.81. The Balaban J connectivity index is 2.51. The maximum absolute atomic E-state index is 13.5. The zero-order valence-corrected chi connectivity index (χ0v) is 23.2. The van der Waals surface area contributed by atoms with E-state index in [0.29, 0.717) is 24.2 Å². The molecule has 0 saturated carbocycles.